The normalized spacial score (nSPS) is 25.6. The number of anilines is 1. The van der Waals surface area contributed by atoms with Gasteiger partial charge in [-0.1, -0.05) is 18.2 Å². The molecule has 2 aliphatic rings. The van der Waals surface area contributed by atoms with Gasteiger partial charge in [0.05, 0.1) is 0 Å². The van der Waals surface area contributed by atoms with E-state index in [9.17, 15) is 4.79 Å². The molecular formula is C17H25N3O. The van der Waals surface area contributed by atoms with Crippen LogP contribution in [-0.4, -0.2) is 36.0 Å². The minimum absolute atomic E-state index is 0.0123. The van der Waals surface area contributed by atoms with Crippen LogP contribution in [0.15, 0.2) is 24.3 Å². The summed E-state index contributed by atoms with van der Waals surface area (Å²) in [6.45, 7) is 4.91. The zero-order valence-electron chi connectivity index (χ0n) is 12.8. The van der Waals surface area contributed by atoms with E-state index in [0.717, 1.165) is 18.3 Å². The topological polar surface area (TPSA) is 44.4 Å². The predicted molar refractivity (Wildman–Crippen MR) is 85.2 cm³/mol. The van der Waals surface area contributed by atoms with E-state index < -0.39 is 0 Å². The SMILES string of the molecule is CC(=O)Nc1ccccc1CNC1CCN2CCCC2C1. The first-order valence-corrected chi connectivity index (χ1v) is 8.05. The molecule has 2 heterocycles. The molecular weight excluding hydrogens is 262 g/mol. The Hall–Kier alpha value is -1.39. The van der Waals surface area contributed by atoms with Gasteiger partial charge in [0.1, 0.15) is 0 Å². The molecule has 0 spiro atoms. The zero-order chi connectivity index (χ0) is 14.7. The van der Waals surface area contributed by atoms with Gasteiger partial charge in [0.15, 0.2) is 0 Å². The zero-order valence-corrected chi connectivity index (χ0v) is 12.8. The fourth-order valence-electron chi connectivity index (χ4n) is 3.65. The van der Waals surface area contributed by atoms with Crippen LogP contribution in [0.4, 0.5) is 5.69 Å². The lowest BCUT2D eigenvalue weighted by Gasteiger charge is -2.35. The highest BCUT2D eigenvalue weighted by Crippen LogP contribution is 2.27. The maximum Gasteiger partial charge on any atom is 0.221 e. The molecule has 0 aromatic heterocycles. The Morgan fingerprint density at radius 2 is 2.14 bits per heavy atom. The highest BCUT2D eigenvalue weighted by Gasteiger charge is 2.31. The molecule has 2 atom stereocenters. The molecule has 3 rings (SSSR count). The number of para-hydroxylation sites is 1. The number of carbonyl (C=O) groups excluding carboxylic acids is 1. The molecule has 2 fully saturated rings. The van der Waals surface area contributed by atoms with Crippen LogP contribution in [0.3, 0.4) is 0 Å². The van der Waals surface area contributed by atoms with E-state index in [1.54, 1.807) is 6.92 Å². The Morgan fingerprint density at radius 1 is 1.29 bits per heavy atom. The molecule has 2 N–H and O–H groups in total. The van der Waals surface area contributed by atoms with Crippen molar-refractivity contribution in [2.75, 3.05) is 18.4 Å². The summed E-state index contributed by atoms with van der Waals surface area (Å²) in [7, 11) is 0. The molecule has 1 amide bonds. The molecule has 1 aromatic carbocycles. The Balaban J connectivity index is 1.56. The largest absolute Gasteiger partial charge is 0.326 e. The number of nitrogens with zero attached hydrogens (tertiary/aromatic N) is 1. The second kappa shape index (κ2) is 6.58. The summed E-state index contributed by atoms with van der Waals surface area (Å²) in [5.74, 6) is -0.0123. The molecule has 2 saturated heterocycles. The van der Waals surface area contributed by atoms with Crippen molar-refractivity contribution in [1.29, 1.82) is 0 Å². The number of hydrogen-bond acceptors (Lipinski definition) is 3. The molecule has 1 aromatic rings. The van der Waals surface area contributed by atoms with E-state index in [1.165, 1.54) is 44.3 Å². The van der Waals surface area contributed by atoms with Crippen molar-refractivity contribution >= 4 is 11.6 Å². The first-order chi connectivity index (χ1) is 10.2. The molecule has 0 radical (unpaired) electrons. The van der Waals surface area contributed by atoms with Gasteiger partial charge in [-0.2, -0.15) is 0 Å². The van der Waals surface area contributed by atoms with E-state index in [2.05, 4.69) is 21.6 Å². The summed E-state index contributed by atoms with van der Waals surface area (Å²) < 4.78 is 0. The maximum atomic E-state index is 11.3. The van der Waals surface area contributed by atoms with Gasteiger partial charge in [0.25, 0.3) is 0 Å². The van der Waals surface area contributed by atoms with Gasteiger partial charge in [-0.05, 0) is 50.4 Å². The summed E-state index contributed by atoms with van der Waals surface area (Å²) in [4.78, 5) is 13.9. The monoisotopic (exact) mass is 287 g/mol. The highest BCUT2D eigenvalue weighted by atomic mass is 16.1. The lowest BCUT2D eigenvalue weighted by atomic mass is 9.97. The van der Waals surface area contributed by atoms with Crippen LogP contribution < -0.4 is 10.6 Å². The van der Waals surface area contributed by atoms with Gasteiger partial charge in [-0.3, -0.25) is 4.79 Å². The quantitative estimate of drug-likeness (QED) is 0.893. The highest BCUT2D eigenvalue weighted by molar-refractivity contribution is 5.89. The van der Waals surface area contributed by atoms with E-state index in [-0.39, 0.29) is 5.91 Å². The van der Waals surface area contributed by atoms with Gasteiger partial charge in [-0.15, -0.1) is 0 Å². The van der Waals surface area contributed by atoms with Crippen molar-refractivity contribution in [3.63, 3.8) is 0 Å². The van der Waals surface area contributed by atoms with Gasteiger partial charge >= 0.3 is 0 Å². The average Bonchev–Trinajstić information content (AvgIpc) is 2.93. The first kappa shape index (κ1) is 14.5. The van der Waals surface area contributed by atoms with Crippen molar-refractivity contribution in [3.8, 4) is 0 Å². The number of amides is 1. The van der Waals surface area contributed by atoms with Crippen molar-refractivity contribution in [2.24, 2.45) is 0 Å². The fraction of sp³-hybridized carbons (Fsp3) is 0.588. The lowest BCUT2D eigenvalue weighted by Crippen LogP contribution is -2.45. The second-order valence-corrected chi connectivity index (χ2v) is 6.27. The Kier molecular flexibility index (Phi) is 4.56. The number of carbonyl (C=O) groups is 1. The van der Waals surface area contributed by atoms with Crippen LogP contribution in [0.5, 0.6) is 0 Å². The molecule has 0 bridgehead atoms. The molecule has 4 nitrogen and oxygen atoms in total. The number of hydrogen-bond donors (Lipinski definition) is 2. The summed E-state index contributed by atoms with van der Waals surface area (Å²) in [5, 5.41) is 6.60. The number of benzene rings is 1. The van der Waals surface area contributed by atoms with Gasteiger partial charge < -0.3 is 15.5 Å². The minimum Gasteiger partial charge on any atom is -0.326 e. The van der Waals surface area contributed by atoms with E-state index in [4.69, 9.17) is 0 Å². The number of fused-ring (bicyclic) bond motifs is 1. The molecule has 4 heteroatoms. The van der Waals surface area contributed by atoms with Gasteiger partial charge in [0, 0.05) is 31.2 Å². The fourth-order valence-corrected chi connectivity index (χ4v) is 3.65. The maximum absolute atomic E-state index is 11.3. The van der Waals surface area contributed by atoms with E-state index in [1.807, 2.05) is 18.2 Å². The van der Waals surface area contributed by atoms with Crippen molar-refractivity contribution in [3.05, 3.63) is 29.8 Å². The third-order valence-electron chi connectivity index (χ3n) is 4.73. The molecule has 2 unspecified atom stereocenters. The number of nitrogens with one attached hydrogen (secondary N) is 2. The molecule has 21 heavy (non-hydrogen) atoms. The smallest absolute Gasteiger partial charge is 0.221 e. The summed E-state index contributed by atoms with van der Waals surface area (Å²) in [6, 6.07) is 9.45. The summed E-state index contributed by atoms with van der Waals surface area (Å²) in [6.07, 6.45) is 5.23. The van der Waals surface area contributed by atoms with Gasteiger partial charge in [0.2, 0.25) is 5.91 Å². The minimum atomic E-state index is -0.0123. The summed E-state index contributed by atoms with van der Waals surface area (Å²) >= 11 is 0. The Morgan fingerprint density at radius 3 is 3.00 bits per heavy atom. The second-order valence-electron chi connectivity index (χ2n) is 6.27. The van der Waals surface area contributed by atoms with Crippen LogP contribution in [0.25, 0.3) is 0 Å². The standard InChI is InChI=1S/C17H25N3O/c1-13(21)19-17-7-3-2-5-14(17)12-18-15-8-10-20-9-4-6-16(20)11-15/h2-3,5,7,15-16,18H,4,6,8-12H2,1H3,(H,19,21). The molecule has 0 aliphatic carbocycles. The first-order valence-electron chi connectivity index (χ1n) is 8.05. The predicted octanol–water partition coefficient (Wildman–Crippen LogP) is 2.36. The number of rotatable bonds is 4. The van der Waals surface area contributed by atoms with Crippen LogP contribution in [0.1, 0.15) is 38.2 Å². The van der Waals surface area contributed by atoms with Crippen molar-refractivity contribution < 1.29 is 4.79 Å². The number of piperidine rings is 1. The van der Waals surface area contributed by atoms with E-state index >= 15 is 0 Å². The van der Waals surface area contributed by atoms with Crippen LogP contribution in [-0.2, 0) is 11.3 Å². The van der Waals surface area contributed by atoms with Crippen molar-refractivity contribution in [1.82, 2.24) is 10.2 Å². The summed E-state index contributed by atoms with van der Waals surface area (Å²) in [5.41, 5.74) is 2.09. The molecule has 114 valence electrons. The third-order valence-corrected chi connectivity index (χ3v) is 4.73. The van der Waals surface area contributed by atoms with Crippen LogP contribution in [0.2, 0.25) is 0 Å². The van der Waals surface area contributed by atoms with E-state index in [0.29, 0.717) is 6.04 Å². The van der Waals surface area contributed by atoms with Crippen molar-refractivity contribution in [2.45, 2.75) is 51.2 Å². The molecule has 0 saturated carbocycles. The van der Waals surface area contributed by atoms with Crippen LogP contribution >= 0.6 is 0 Å². The average molecular weight is 287 g/mol. The Bertz CT molecular complexity index is 503. The third kappa shape index (κ3) is 3.63. The molecule has 2 aliphatic heterocycles. The Labute approximate surface area is 126 Å². The lowest BCUT2D eigenvalue weighted by molar-refractivity contribution is -0.114. The van der Waals surface area contributed by atoms with Gasteiger partial charge in [-0.25, -0.2) is 0 Å². The van der Waals surface area contributed by atoms with Crippen LogP contribution in [0, 0.1) is 0 Å².